The number of nitrogens with two attached hydrogens (primary N) is 1. The summed E-state index contributed by atoms with van der Waals surface area (Å²) in [6.45, 7) is 6.39. The number of guanidine groups is 1. The van der Waals surface area contributed by atoms with E-state index < -0.39 is 0 Å². The minimum absolute atomic E-state index is 0. The van der Waals surface area contributed by atoms with Crippen molar-refractivity contribution < 1.29 is 4.74 Å². The summed E-state index contributed by atoms with van der Waals surface area (Å²) in [4.78, 5) is 13.4. The van der Waals surface area contributed by atoms with Gasteiger partial charge in [-0.25, -0.2) is 4.98 Å². The molecule has 1 saturated heterocycles. The average molecular weight is 487 g/mol. The molecule has 0 spiro atoms. The molecule has 0 radical (unpaired) electrons. The number of para-hydroxylation sites is 1. The van der Waals surface area contributed by atoms with Crippen molar-refractivity contribution in [3.63, 3.8) is 0 Å². The summed E-state index contributed by atoms with van der Waals surface area (Å²) in [5.74, 6) is 1.78. The highest BCUT2D eigenvalue weighted by atomic mass is 127. The van der Waals surface area contributed by atoms with Crippen LogP contribution in [0.5, 0.6) is 5.75 Å². The Morgan fingerprint density at radius 2 is 2.04 bits per heavy atom. The normalized spacial score (nSPS) is 16.2. The van der Waals surface area contributed by atoms with Gasteiger partial charge in [-0.2, -0.15) is 0 Å². The van der Waals surface area contributed by atoms with E-state index in [2.05, 4.69) is 32.8 Å². The predicted octanol–water partition coefficient (Wildman–Crippen LogP) is 3.01. The first kappa shape index (κ1) is 20.8. The van der Waals surface area contributed by atoms with Crippen LogP contribution in [0.25, 0.3) is 0 Å². The van der Waals surface area contributed by atoms with Gasteiger partial charge in [0.1, 0.15) is 5.75 Å². The van der Waals surface area contributed by atoms with E-state index in [9.17, 15) is 0 Å². The van der Waals surface area contributed by atoms with Gasteiger partial charge in [-0.15, -0.1) is 35.3 Å². The van der Waals surface area contributed by atoms with Gasteiger partial charge in [0.05, 0.1) is 7.11 Å². The molecule has 1 aromatic heterocycles. The molecule has 0 saturated carbocycles. The summed E-state index contributed by atoms with van der Waals surface area (Å²) < 4.78 is 5.44. The van der Waals surface area contributed by atoms with Gasteiger partial charge in [-0.1, -0.05) is 25.1 Å². The molecule has 1 aromatic carbocycles. The molecule has 0 bridgehead atoms. The van der Waals surface area contributed by atoms with Crippen molar-refractivity contribution >= 4 is 46.4 Å². The van der Waals surface area contributed by atoms with Crippen LogP contribution in [-0.4, -0.2) is 55.7 Å². The fourth-order valence-electron chi connectivity index (χ4n) is 3.00. The highest BCUT2D eigenvalue weighted by molar-refractivity contribution is 14.0. The Morgan fingerprint density at radius 1 is 1.31 bits per heavy atom. The molecule has 6 nitrogen and oxygen atoms in total. The van der Waals surface area contributed by atoms with E-state index in [1.165, 1.54) is 0 Å². The van der Waals surface area contributed by atoms with E-state index in [0.29, 0.717) is 12.5 Å². The molecule has 142 valence electrons. The summed E-state index contributed by atoms with van der Waals surface area (Å²) >= 11 is 1.68. The van der Waals surface area contributed by atoms with Crippen LogP contribution in [0.4, 0.5) is 5.13 Å². The van der Waals surface area contributed by atoms with Gasteiger partial charge in [0, 0.05) is 50.2 Å². The van der Waals surface area contributed by atoms with Crippen molar-refractivity contribution in [1.29, 1.82) is 0 Å². The molecule has 1 aliphatic rings. The van der Waals surface area contributed by atoms with Crippen LogP contribution >= 0.6 is 35.3 Å². The SMILES string of the molecule is COc1ccccc1C(C)CN=C(N)N1CCN(c2nccs2)CC1.I. The lowest BCUT2D eigenvalue weighted by Gasteiger charge is -2.35. The largest absolute Gasteiger partial charge is 0.496 e. The molecule has 1 fully saturated rings. The Kier molecular flexibility index (Phi) is 7.95. The van der Waals surface area contributed by atoms with Gasteiger partial charge in [0.2, 0.25) is 0 Å². The second kappa shape index (κ2) is 9.96. The monoisotopic (exact) mass is 487 g/mol. The summed E-state index contributed by atoms with van der Waals surface area (Å²) in [6.07, 6.45) is 1.85. The number of rotatable bonds is 5. The highest BCUT2D eigenvalue weighted by Crippen LogP contribution is 2.26. The number of halogens is 1. The Bertz CT molecular complexity index is 701. The maximum Gasteiger partial charge on any atom is 0.191 e. The number of hydrogen-bond acceptors (Lipinski definition) is 5. The van der Waals surface area contributed by atoms with E-state index in [4.69, 9.17) is 10.5 Å². The lowest BCUT2D eigenvalue weighted by Crippen LogP contribution is -2.51. The molecule has 1 aliphatic heterocycles. The van der Waals surface area contributed by atoms with Gasteiger partial charge >= 0.3 is 0 Å². The molecule has 2 N–H and O–H groups in total. The number of hydrogen-bond donors (Lipinski definition) is 1. The van der Waals surface area contributed by atoms with Crippen LogP contribution in [0.15, 0.2) is 40.8 Å². The number of nitrogens with zero attached hydrogens (tertiary/aromatic N) is 4. The van der Waals surface area contributed by atoms with Crippen molar-refractivity contribution in [3.05, 3.63) is 41.4 Å². The molecule has 1 unspecified atom stereocenters. The second-order valence-corrected chi connectivity index (χ2v) is 7.00. The molecule has 26 heavy (non-hydrogen) atoms. The lowest BCUT2D eigenvalue weighted by atomic mass is 10.0. The highest BCUT2D eigenvalue weighted by Gasteiger charge is 2.20. The van der Waals surface area contributed by atoms with Crippen molar-refractivity contribution in [2.75, 3.05) is 44.7 Å². The topological polar surface area (TPSA) is 67.0 Å². The van der Waals surface area contributed by atoms with Gasteiger partial charge in [-0.05, 0) is 11.6 Å². The number of aliphatic imine (C=N–C) groups is 1. The molecule has 0 aliphatic carbocycles. The molecule has 0 amide bonds. The van der Waals surface area contributed by atoms with Crippen LogP contribution in [-0.2, 0) is 0 Å². The Morgan fingerprint density at radius 3 is 2.69 bits per heavy atom. The number of piperazine rings is 1. The lowest BCUT2D eigenvalue weighted by molar-refractivity contribution is 0.380. The maximum absolute atomic E-state index is 6.22. The fourth-order valence-corrected chi connectivity index (χ4v) is 3.70. The third-order valence-electron chi connectivity index (χ3n) is 4.49. The minimum Gasteiger partial charge on any atom is -0.496 e. The second-order valence-electron chi connectivity index (χ2n) is 6.13. The number of anilines is 1. The maximum atomic E-state index is 6.22. The molecule has 3 rings (SSSR count). The standard InChI is InChI=1S/C18H25N5OS.HI/c1-14(15-5-3-4-6-16(15)24-2)13-21-17(19)22-8-10-23(11-9-22)18-20-7-12-25-18;/h3-7,12,14H,8-11,13H2,1-2H3,(H2,19,21);1H. The van der Waals surface area contributed by atoms with Gasteiger partial charge in [0.25, 0.3) is 0 Å². The van der Waals surface area contributed by atoms with E-state index in [0.717, 1.165) is 42.6 Å². The zero-order chi connectivity index (χ0) is 17.6. The summed E-state index contributed by atoms with van der Waals surface area (Å²) in [5, 5.41) is 3.09. The minimum atomic E-state index is 0. The van der Waals surface area contributed by atoms with Crippen molar-refractivity contribution in [3.8, 4) is 5.75 Å². The van der Waals surface area contributed by atoms with E-state index in [1.54, 1.807) is 18.4 Å². The summed E-state index contributed by atoms with van der Waals surface area (Å²) in [7, 11) is 1.70. The molecule has 2 aromatic rings. The third kappa shape index (κ3) is 5.00. The van der Waals surface area contributed by atoms with Crippen molar-refractivity contribution in [1.82, 2.24) is 9.88 Å². The first-order chi connectivity index (χ1) is 12.2. The van der Waals surface area contributed by atoms with E-state index in [1.807, 2.05) is 29.8 Å². The molecular formula is C18H26IN5OS. The first-order valence-corrected chi connectivity index (χ1v) is 9.39. The van der Waals surface area contributed by atoms with Gasteiger partial charge < -0.3 is 20.3 Å². The quantitative estimate of drug-likeness (QED) is 0.399. The van der Waals surface area contributed by atoms with Crippen LogP contribution in [0.3, 0.4) is 0 Å². The molecule has 2 heterocycles. The Hall–Kier alpha value is -1.55. The molecular weight excluding hydrogens is 461 g/mol. The molecule has 1 atom stereocenters. The number of ether oxygens (including phenoxy) is 1. The van der Waals surface area contributed by atoms with Crippen LogP contribution in [0, 0.1) is 0 Å². The van der Waals surface area contributed by atoms with Gasteiger partial charge in [0.15, 0.2) is 11.1 Å². The summed E-state index contributed by atoms with van der Waals surface area (Å²) in [6, 6.07) is 8.08. The molecule has 8 heteroatoms. The zero-order valence-corrected chi connectivity index (χ0v) is 18.3. The average Bonchev–Trinajstić information content (AvgIpc) is 3.20. The van der Waals surface area contributed by atoms with Gasteiger partial charge in [-0.3, -0.25) is 4.99 Å². The fraction of sp³-hybridized carbons (Fsp3) is 0.444. The van der Waals surface area contributed by atoms with Crippen molar-refractivity contribution in [2.24, 2.45) is 10.7 Å². The zero-order valence-electron chi connectivity index (χ0n) is 15.2. The number of benzene rings is 1. The number of methoxy groups -OCH3 is 1. The Balaban J connectivity index is 0.00000243. The van der Waals surface area contributed by atoms with Crippen molar-refractivity contribution in [2.45, 2.75) is 12.8 Å². The summed E-state index contributed by atoms with van der Waals surface area (Å²) in [5.41, 5.74) is 7.38. The van der Waals surface area contributed by atoms with Crippen LogP contribution < -0.4 is 15.4 Å². The third-order valence-corrected chi connectivity index (χ3v) is 5.32. The van der Waals surface area contributed by atoms with Crippen LogP contribution in [0.2, 0.25) is 0 Å². The predicted molar refractivity (Wildman–Crippen MR) is 119 cm³/mol. The van der Waals surface area contributed by atoms with E-state index in [-0.39, 0.29) is 29.9 Å². The number of aromatic nitrogens is 1. The Labute approximate surface area is 176 Å². The van der Waals surface area contributed by atoms with Crippen LogP contribution in [0.1, 0.15) is 18.4 Å². The van der Waals surface area contributed by atoms with E-state index >= 15 is 0 Å². The first-order valence-electron chi connectivity index (χ1n) is 8.51. The smallest absolute Gasteiger partial charge is 0.191 e. The number of thiazole rings is 1.